The van der Waals surface area contributed by atoms with E-state index in [2.05, 4.69) is 55.6 Å². The number of amides is 1. The Hall–Kier alpha value is -1.92. The highest BCUT2D eigenvalue weighted by Crippen LogP contribution is 2.18. The van der Waals surface area contributed by atoms with Crippen LogP contribution in [-0.4, -0.2) is 47.4 Å². The van der Waals surface area contributed by atoms with E-state index in [1.165, 1.54) is 283 Å². The van der Waals surface area contributed by atoms with E-state index in [1.807, 2.05) is 0 Å². The van der Waals surface area contributed by atoms with Crippen molar-refractivity contribution in [3.8, 4) is 0 Å². The smallest absolute Gasteiger partial charge is 0.305 e. The van der Waals surface area contributed by atoms with Gasteiger partial charge in [-0.05, 0) is 83.5 Å². The summed E-state index contributed by atoms with van der Waals surface area (Å²) in [5, 5.41) is 23.3. The second kappa shape index (κ2) is 64.6. The van der Waals surface area contributed by atoms with E-state index in [1.54, 1.807) is 0 Å². The fraction of sp³-hybridized carbons (Fsp3) is 0.884. The van der Waals surface area contributed by atoms with Crippen LogP contribution in [0.25, 0.3) is 0 Å². The summed E-state index contributed by atoms with van der Waals surface area (Å²) in [5.74, 6) is -0.0334. The summed E-state index contributed by atoms with van der Waals surface area (Å²) >= 11 is 0. The zero-order chi connectivity index (χ0) is 54.3. The summed E-state index contributed by atoms with van der Waals surface area (Å²) in [6, 6.07) is -0.543. The molecule has 0 aromatic rings. The van der Waals surface area contributed by atoms with E-state index in [4.69, 9.17) is 4.74 Å². The lowest BCUT2D eigenvalue weighted by Crippen LogP contribution is -2.45. The van der Waals surface area contributed by atoms with Crippen molar-refractivity contribution < 1.29 is 24.5 Å². The van der Waals surface area contributed by atoms with Gasteiger partial charge in [-0.15, -0.1) is 0 Å². The first-order valence-electron chi connectivity index (χ1n) is 33.7. The lowest BCUT2D eigenvalue weighted by Gasteiger charge is -2.22. The Labute approximate surface area is 468 Å². The van der Waals surface area contributed by atoms with Gasteiger partial charge in [-0.2, -0.15) is 0 Å². The van der Waals surface area contributed by atoms with Crippen LogP contribution in [0.15, 0.2) is 36.5 Å². The Morgan fingerprint density at radius 3 is 1.04 bits per heavy atom. The van der Waals surface area contributed by atoms with Crippen LogP contribution in [0.4, 0.5) is 0 Å². The Morgan fingerprint density at radius 2 is 0.667 bits per heavy atom. The number of ether oxygens (including phenoxy) is 1. The predicted molar refractivity (Wildman–Crippen MR) is 329 cm³/mol. The van der Waals surface area contributed by atoms with Crippen LogP contribution in [0.2, 0.25) is 0 Å². The average molecular weight is 1050 g/mol. The van der Waals surface area contributed by atoms with Crippen LogP contribution in [0.1, 0.15) is 367 Å². The molecule has 0 rings (SSSR count). The minimum absolute atomic E-state index is 0.00115. The van der Waals surface area contributed by atoms with E-state index in [-0.39, 0.29) is 18.5 Å². The number of carbonyl (C=O) groups excluding carboxylic acids is 2. The van der Waals surface area contributed by atoms with Gasteiger partial charge in [-0.25, -0.2) is 0 Å². The van der Waals surface area contributed by atoms with E-state index in [0.717, 1.165) is 51.4 Å². The first-order chi connectivity index (χ1) is 37.0. The normalized spacial score (nSPS) is 12.7. The van der Waals surface area contributed by atoms with Crippen molar-refractivity contribution in [3.63, 3.8) is 0 Å². The second-order valence-corrected chi connectivity index (χ2v) is 23.1. The summed E-state index contributed by atoms with van der Waals surface area (Å²) in [5.41, 5.74) is 0. The minimum atomic E-state index is -0.666. The fourth-order valence-corrected chi connectivity index (χ4v) is 10.5. The highest BCUT2D eigenvalue weighted by molar-refractivity contribution is 5.76. The topological polar surface area (TPSA) is 95.9 Å². The van der Waals surface area contributed by atoms with Crippen molar-refractivity contribution >= 4 is 11.9 Å². The van der Waals surface area contributed by atoms with Crippen molar-refractivity contribution in [1.82, 2.24) is 5.32 Å². The van der Waals surface area contributed by atoms with Gasteiger partial charge in [0.15, 0.2) is 0 Å². The highest BCUT2D eigenvalue weighted by Gasteiger charge is 2.20. The Morgan fingerprint density at radius 1 is 0.373 bits per heavy atom. The van der Waals surface area contributed by atoms with E-state index < -0.39 is 12.1 Å². The standard InChI is InChI=1S/C69H131NO5/c1-3-5-7-9-11-13-15-17-19-33-37-41-45-49-53-57-61-67(72)66(65-71)70-68(73)62-58-54-50-46-42-38-34-31-29-27-25-23-21-22-24-26-28-30-32-36-40-44-48-52-56-60-64-75-69(74)63-59-55-51-47-43-39-35-20-18-16-14-12-10-8-6-4-2/h14,16,20-21,23,35,66-67,71-72H,3-13,15,17-19,22,24-34,36-65H2,1-2H3,(H,70,73)/b16-14-,23-21-,35-20-. The van der Waals surface area contributed by atoms with Gasteiger partial charge in [0.25, 0.3) is 0 Å². The summed E-state index contributed by atoms with van der Waals surface area (Å²) in [4.78, 5) is 24.6. The molecule has 0 bridgehead atoms. The first-order valence-corrected chi connectivity index (χ1v) is 33.7. The van der Waals surface area contributed by atoms with Crippen LogP contribution >= 0.6 is 0 Å². The molecule has 0 radical (unpaired) electrons. The van der Waals surface area contributed by atoms with Crippen LogP contribution in [-0.2, 0) is 14.3 Å². The molecule has 6 nitrogen and oxygen atoms in total. The number of aliphatic hydroxyl groups is 2. The number of hydrogen-bond acceptors (Lipinski definition) is 5. The zero-order valence-electron chi connectivity index (χ0n) is 50.5. The summed E-state index contributed by atoms with van der Waals surface area (Å²) in [7, 11) is 0. The molecule has 2 unspecified atom stereocenters. The molecule has 0 aliphatic rings. The molecule has 0 saturated carbocycles. The molecule has 0 aromatic heterocycles. The van der Waals surface area contributed by atoms with Crippen molar-refractivity contribution in [1.29, 1.82) is 0 Å². The second-order valence-electron chi connectivity index (χ2n) is 23.1. The largest absolute Gasteiger partial charge is 0.466 e. The number of carbonyl (C=O) groups is 2. The Bertz CT molecular complexity index is 1210. The van der Waals surface area contributed by atoms with Gasteiger partial charge in [0.2, 0.25) is 5.91 Å². The molecule has 0 heterocycles. The Balaban J connectivity index is 3.39. The molecular weight excluding hydrogens is 923 g/mol. The molecule has 1 amide bonds. The van der Waals surface area contributed by atoms with Gasteiger partial charge in [-0.1, -0.05) is 307 Å². The number of nitrogens with one attached hydrogen (secondary N) is 1. The molecule has 0 aliphatic carbocycles. The van der Waals surface area contributed by atoms with Crippen molar-refractivity contribution in [2.75, 3.05) is 13.2 Å². The van der Waals surface area contributed by atoms with Crippen LogP contribution in [0.5, 0.6) is 0 Å². The molecular formula is C69H131NO5. The monoisotopic (exact) mass is 1050 g/mol. The number of rotatable bonds is 63. The zero-order valence-corrected chi connectivity index (χ0v) is 50.5. The third-order valence-electron chi connectivity index (χ3n) is 15.7. The molecule has 0 aromatic carbocycles. The van der Waals surface area contributed by atoms with E-state index in [0.29, 0.717) is 25.9 Å². The van der Waals surface area contributed by atoms with Crippen LogP contribution in [0, 0.1) is 0 Å². The maximum Gasteiger partial charge on any atom is 0.305 e. The maximum absolute atomic E-state index is 12.5. The number of aliphatic hydroxyl groups excluding tert-OH is 2. The van der Waals surface area contributed by atoms with E-state index >= 15 is 0 Å². The van der Waals surface area contributed by atoms with Gasteiger partial charge >= 0.3 is 5.97 Å². The van der Waals surface area contributed by atoms with Crippen molar-refractivity contribution in [3.05, 3.63) is 36.5 Å². The lowest BCUT2D eigenvalue weighted by molar-refractivity contribution is -0.143. The quantitative estimate of drug-likeness (QED) is 0.0320. The van der Waals surface area contributed by atoms with Crippen LogP contribution < -0.4 is 5.32 Å². The number of esters is 1. The molecule has 0 saturated heterocycles. The van der Waals surface area contributed by atoms with Crippen LogP contribution in [0.3, 0.4) is 0 Å². The van der Waals surface area contributed by atoms with Gasteiger partial charge in [0.1, 0.15) is 0 Å². The van der Waals surface area contributed by atoms with Crippen molar-refractivity contribution in [2.45, 2.75) is 379 Å². The first kappa shape index (κ1) is 73.1. The molecule has 442 valence electrons. The SMILES string of the molecule is CCCCCC/C=C\C/C=C\CCCCCCCC(=O)OCCCCCCCCCCCCCC/C=C\CCCCCCCCCCCCC(=O)NC(CO)C(O)CCCCCCCCCCCCCCCCCC. The average Bonchev–Trinajstić information content (AvgIpc) is 3.41. The van der Waals surface area contributed by atoms with Gasteiger partial charge in [0, 0.05) is 12.8 Å². The molecule has 75 heavy (non-hydrogen) atoms. The maximum atomic E-state index is 12.5. The summed E-state index contributed by atoms with van der Waals surface area (Å²) in [6.07, 6.45) is 81.7. The number of unbranched alkanes of at least 4 members (excludes halogenated alkanes) is 46. The van der Waals surface area contributed by atoms with E-state index in [9.17, 15) is 19.8 Å². The minimum Gasteiger partial charge on any atom is -0.466 e. The Kier molecular flexibility index (Phi) is 63.0. The fourth-order valence-electron chi connectivity index (χ4n) is 10.5. The highest BCUT2D eigenvalue weighted by atomic mass is 16.5. The number of allylic oxidation sites excluding steroid dienone is 6. The summed E-state index contributed by atoms with van der Waals surface area (Å²) < 4.78 is 5.49. The molecule has 0 spiro atoms. The third kappa shape index (κ3) is 61.2. The molecule has 2 atom stereocenters. The molecule has 6 heteroatoms. The molecule has 3 N–H and O–H groups in total. The van der Waals surface area contributed by atoms with Gasteiger partial charge < -0.3 is 20.3 Å². The molecule has 0 fully saturated rings. The van der Waals surface area contributed by atoms with Gasteiger partial charge in [0.05, 0.1) is 25.4 Å². The summed E-state index contributed by atoms with van der Waals surface area (Å²) in [6.45, 7) is 4.95. The van der Waals surface area contributed by atoms with Crippen molar-refractivity contribution in [2.24, 2.45) is 0 Å². The molecule has 0 aliphatic heterocycles. The third-order valence-corrected chi connectivity index (χ3v) is 15.7. The lowest BCUT2D eigenvalue weighted by atomic mass is 10.0. The predicted octanol–water partition coefficient (Wildman–Crippen LogP) is 21.5. The van der Waals surface area contributed by atoms with Gasteiger partial charge in [-0.3, -0.25) is 9.59 Å². The number of hydrogen-bond donors (Lipinski definition) is 3.